The quantitative estimate of drug-likeness (QED) is 0.158. The van der Waals surface area contributed by atoms with Gasteiger partial charge in [0.2, 0.25) is 11.8 Å². The van der Waals surface area contributed by atoms with Crippen LogP contribution in [0.5, 0.6) is 11.5 Å². The van der Waals surface area contributed by atoms with Crippen molar-refractivity contribution < 1.29 is 29.0 Å². The van der Waals surface area contributed by atoms with E-state index < -0.39 is 46.8 Å². The van der Waals surface area contributed by atoms with Crippen molar-refractivity contribution in [2.24, 2.45) is 23.7 Å². The molecule has 0 bridgehead atoms. The van der Waals surface area contributed by atoms with Gasteiger partial charge in [-0.05, 0) is 67.9 Å². The number of phenols is 1. The number of amides is 4. The van der Waals surface area contributed by atoms with Crippen molar-refractivity contribution in [1.29, 1.82) is 0 Å². The number of ether oxygens (including phenoxy) is 1. The summed E-state index contributed by atoms with van der Waals surface area (Å²) in [6, 6.07) is 32.1. The number of carbonyl (C=O) groups is 4. The Morgan fingerprint density at radius 2 is 1.50 bits per heavy atom. The molecule has 3 heterocycles. The number of hydrogen-bond donors (Lipinski definition) is 2. The normalized spacial score (nSPS) is 27.8. The van der Waals surface area contributed by atoms with Crippen molar-refractivity contribution in [1.82, 2.24) is 14.8 Å². The Morgan fingerprint density at radius 3 is 2.20 bits per heavy atom. The van der Waals surface area contributed by atoms with Crippen LogP contribution in [0.25, 0.3) is 0 Å². The molecule has 4 amide bonds. The average Bonchev–Trinajstić information content (AvgIpc) is 3.60. The summed E-state index contributed by atoms with van der Waals surface area (Å²) in [5, 5.41) is 13.0. The largest absolute Gasteiger partial charge is 0.504 e. The van der Waals surface area contributed by atoms with E-state index in [4.69, 9.17) is 4.74 Å². The molecule has 9 rings (SSSR count). The highest BCUT2D eigenvalue weighted by molar-refractivity contribution is 6.13. The number of phenolic OH excluding ortho intramolecular Hbond substituents is 1. The van der Waals surface area contributed by atoms with E-state index in [0.717, 1.165) is 35.8 Å². The van der Waals surface area contributed by atoms with Gasteiger partial charge in [0.15, 0.2) is 11.5 Å². The van der Waals surface area contributed by atoms with Crippen LogP contribution in [0.3, 0.4) is 0 Å². The van der Waals surface area contributed by atoms with E-state index in [1.165, 1.54) is 12.7 Å². The van der Waals surface area contributed by atoms with Gasteiger partial charge in [0.1, 0.15) is 0 Å². The minimum absolute atomic E-state index is 0.124. The summed E-state index contributed by atoms with van der Waals surface area (Å²) < 4.78 is 5.59. The molecule has 3 saturated heterocycles. The highest BCUT2D eigenvalue weighted by Gasteiger charge is 2.71. The zero-order chi connectivity index (χ0) is 38.7. The number of piperidine rings is 1. The van der Waals surface area contributed by atoms with Gasteiger partial charge in [-0.2, -0.15) is 5.01 Å². The fourth-order valence-electron chi connectivity index (χ4n) is 10.6. The first kappa shape index (κ1) is 35.9. The highest BCUT2D eigenvalue weighted by atomic mass is 16.5. The van der Waals surface area contributed by atoms with Gasteiger partial charge >= 0.3 is 0 Å². The smallest absolute Gasteiger partial charge is 0.260 e. The van der Waals surface area contributed by atoms with Crippen LogP contribution in [0.1, 0.15) is 53.9 Å². The lowest BCUT2D eigenvalue weighted by Gasteiger charge is -2.50. The molecule has 4 fully saturated rings. The number of hydrogen-bond acceptors (Lipinski definition) is 8. The van der Waals surface area contributed by atoms with Gasteiger partial charge in [-0.1, -0.05) is 102 Å². The molecule has 4 aromatic carbocycles. The van der Waals surface area contributed by atoms with E-state index in [9.17, 15) is 19.5 Å². The maximum atomic E-state index is 15.4. The molecule has 10 nitrogen and oxygen atoms in total. The number of fused-ring (bicyclic) bond motifs is 4. The lowest BCUT2D eigenvalue weighted by atomic mass is 9.49. The number of methoxy groups -OCH3 is 1. The Kier molecular flexibility index (Phi) is 9.04. The van der Waals surface area contributed by atoms with Crippen molar-refractivity contribution in [3.63, 3.8) is 0 Å². The lowest BCUT2D eigenvalue weighted by Crippen LogP contribution is -2.53. The molecule has 0 aromatic heterocycles. The standard InChI is InChI=1S/C46H46N4O6/c1-28-16-18-31(19-17-28)47-50-43(53)37-26-36-33(40(35-14-9-15-38(56-2)41(35)51)46(37,45(50)55)30-12-7-4-8-13-30)20-21-34-39(36)44(54)49(42(34)52)32-22-24-48(25-23-32)27-29-10-5-3-6-11-29/h3-20,32,34,36-37,39-40,47,51H,21-27H2,1-2H3/t34-,36+,37-,39-,40+,46+/m0/s1. The zero-order valence-corrected chi connectivity index (χ0v) is 31.6. The van der Waals surface area contributed by atoms with Gasteiger partial charge in [0, 0.05) is 37.2 Å². The molecule has 4 aromatic rings. The number of allylic oxidation sites excluding steroid dienone is 2. The summed E-state index contributed by atoms with van der Waals surface area (Å²) in [5.41, 5.74) is 6.38. The number of hydrazine groups is 1. The molecule has 286 valence electrons. The van der Waals surface area contributed by atoms with Gasteiger partial charge in [0.25, 0.3) is 11.8 Å². The van der Waals surface area contributed by atoms with E-state index in [1.54, 1.807) is 23.1 Å². The predicted octanol–water partition coefficient (Wildman–Crippen LogP) is 6.36. The molecule has 1 saturated carbocycles. The van der Waals surface area contributed by atoms with Gasteiger partial charge in [-0.15, -0.1) is 0 Å². The maximum Gasteiger partial charge on any atom is 0.260 e. The van der Waals surface area contributed by atoms with Crippen LogP contribution in [0.15, 0.2) is 115 Å². The second-order valence-electron chi connectivity index (χ2n) is 16.0. The van der Waals surface area contributed by atoms with Gasteiger partial charge in [-0.25, -0.2) is 0 Å². The first-order valence-electron chi connectivity index (χ1n) is 19.7. The molecule has 2 aliphatic carbocycles. The SMILES string of the molecule is COc1cccc([C@H]2C3=CC[C@@H]4C(=O)N(C5CCN(Cc6ccccc6)CC5)C(=O)[C@@H]4[C@@H]3C[C@H]3C(=O)N(Nc4ccc(C)cc4)C(=O)[C@@]23c2ccccc2)c1O. The van der Waals surface area contributed by atoms with E-state index >= 15 is 4.79 Å². The molecule has 56 heavy (non-hydrogen) atoms. The third-order valence-electron chi connectivity index (χ3n) is 13.2. The highest BCUT2D eigenvalue weighted by Crippen LogP contribution is 2.65. The summed E-state index contributed by atoms with van der Waals surface area (Å²) in [4.78, 5) is 63.4. The van der Waals surface area contributed by atoms with Crippen molar-refractivity contribution >= 4 is 29.3 Å². The van der Waals surface area contributed by atoms with Crippen LogP contribution in [0, 0.1) is 30.6 Å². The number of aryl methyl sites for hydroxylation is 1. The third kappa shape index (κ3) is 5.56. The van der Waals surface area contributed by atoms with Crippen LogP contribution < -0.4 is 10.2 Å². The Balaban J connectivity index is 1.12. The maximum absolute atomic E-state index is 15.4. The molecule has 3 aliphatic heterocycles. The third-order valence-corrected chi connectivity index (χ3v) is 13.2. The van der Waals surface area contributed by atoms with Crippen LogP contribution in [0.2, 0.25) is 0 Å². The van der Waals surface area contributed by atoms with Crippen molar-refractivity contribution in [2.75, 3.05) is 25.6 Å². The molecule has 5 aliphatic rings. The Bertz CT molecular complexity index is 2220. The van der Waals surface area contributed by atoms with E-state index in [1.807, 2.05) is 85.8 Å². The minimum atomic E-state index is -1.48. The van der Waals surface area contributed by atoms with Crippen LogP contribution >= 0.6 is 0 Å². The summed E-state index contributed by atoms with van der Waals surface area (Å²) in [5.74, 6) is -4.58. The molecule has 2 N–H and O–H groups in total. The molecule has 0 radical (unpaired) electrons. The Morgan fingerprint density at radius 1 is 0.804 bits per heavy atom. The predicted molar refractivity (Wildman–Crippen MR) is 210 cm³/mol. The monoisotopic (exact) mass is 750 g/mol. The number of para-hydroxylation sites is 1. The van der Waals surface area contributed by atoms with E-state index in [-0.39, 0.29) is 35.8 Å². The van der Waals surface area contributed by atoms with Crippen LogP contribution in [-0.2, 0) is 31.1 Å². The van der Waals surface area contributed by atoms with Crippen molar-refractivity contribution in [3.8, 4) is 11.5 Å². The van der Waals surface area contributed by atoms with E-state index in [2.05, 4.69) is 22.5 Å². The molecule has 6 atom stereocenters. The second kappa shape index (κ2) is 14.1. The van der Waals surface area contributed by atoms with Crippen molar-refractivity contribution in [2.45, 2.75) is 56.5 Å². The number of imide groups is 2. The fourth-order valence-corrected chi connectivity index (χ4v) is 10.6. The van der Waals surface area contributed by atoms with E-state index in [0.29, 0.717) is 36.1 Å². The second-order valence-corrected chi connectivity index (χ2v) is 16.0. The molecule has 0 spiro atoms. The summed E-state index contributed by atoms with van der Waals surface area (Å²) >= 11 is 0. The summed E-state index contributed by atoms with van der Waals surface area (Å²) in [6.45, 7) is 4.34. The molecular weight excluding hydrogens is 705 g/mol. The number of nitrogens with zero attached hydrogens (tertiary/aromatic N) is 3. The number of likely N-dealkylation sites (tertiary alicyclic amines) is 2. The van der Waals surface area contributed by atoms with Gasteiger partial charge in [-0.3, -0.25) is 34.4 Å². The summed E-state index contributed by atoms with van der Waals surface area (Å²) in [7, 11) is 1.48. The first-order valence-corrected chi connectivity index (χ1v) is 19.7. The van der Waals surface area contributed by atoms with Gasteiger partial charge < -0.3 is 9.84 Å². The molecule has 0 unspecified atom stereocenters. The minimum Gasteiger partial charge on any atom is -0.504 e. The number of rotatable bonds is 8. The van der Waals surface area contributed by atoms with Crippen LogP contribution in [-0.4, -0.2) is 69.8 Å². The number of benzene rings is 4. The topological polar surface area (TPSA) is 119 Å². The molecular formula is C46H46N4O6. The number of nitrogens with one attached hydrogen (secondary N) is 1. The van der Waals surface area contributed by atoms with Crippen molar-refractivity contribution in [3.05, 3.63) is 137 Å². The fraction of sp³-hybridized carbons (Fsp3) is 0.348. The number of anilines is 1. The first-order chi connectivity index (χ1) is 27.2. The number of aromatic hydroxyl groups is 1. The van der Waals surface area contributed by atoms with Crippen LogP contribution in [0.4, 0.5) is 5.69 Å². The Hall–Kier alpha value is -5.74. The lowest BCUT2D eigenvalue weighted by molar-refractivity contribution is -0.144. The molecule has 10 heteroatoms. The summed E-state index contributed by atoms with van der Waals surface area (Å²) in [6.07, 6.45) is 3.95. The average molecular weight is 751 g/mol. The zero-order valence-electron chi connectivity index (χ0n) is 31.6. The van der Waals surface area contributed by atoms with Gasteiger partial charge in [0.05, 0.1) is 36.0 Å². The number of carbonyl (C=O) groups excluding carboxylic acids is 4. The Labute approximate surface area is 326 Å².